The van der Waals surface area contributed by atoms with Crippen molar-refractivity contribution in [3.05, 3.63) is 65.5 Å². The smallest absolute Gasteiger partial charge is 0.339 e. The van der Waals surface area contributed by atoms with Gasteiger partial charge in [0.1, 0.15) is 5.82 Å². The predicted octanol–water partition coefficient (Wildman–Crippen LogP) is 2.03. The van der Waals surface area contributed by atoms with Crippen molar-refractivity contribution < 1.29 is 23.5 Å². The van der Waals surface area contributed by atoms with Crippen LogP contribution in [0, 0.1) is 5.82 Å². The van der Waals surface area contributed by atoms with Crippen LogP contribution >= 0.6 is 0 Å². The highest BCUT2D eigenvalue weighted by Crippen LogP contribution is 2.19. The molecule has 158 valence electrons. The minimum atomic E-state index is -0.709. The van der Waals surface area contributed by atoms with Gasteiger partial charge in [-0.05, 0) is 36.4 Å². The summed E-state index contributed by atoms with van der Waals surface area (Å²) in [5.41, 5.74) is 1.28. The fourth-order valence-corrected chi connectivity index (χ4v) is 3.17. The van der Waals surface area contributed by atoms with Crippen LogP contribution in [0.4, 0.5) is 10.1 Å². The van der Waals surface area contributed by atoms with Crippen LogP contribution in [0.2, 0.25) is 0 Å². The maximum Gasteiger partial charge on any atom is 0.339 e. The quantitative estimate of drug-likeness (QED) is 0.702. The first-order chi connectivity index (χ1) is 14.4. The lowest BCUT2D eigenvalue weighted by Gasteiger charge is -2.36. The number of rotatable bonds is 5. The summed E-state index contributed by atoms with van der Waals surface area (Å²) in [5.74, 6) is -1.60. The number of carbonyl (C=O) groups is 3. The SMILES string of the molecule is CN(C)C(=O)COC(=O)c1ccccc1C(=O)N1CCN(c2ccc(F)cc2)CC1. The molecule has 7 nitrogen and oxygen atoms in total. The number of carbonyl (C=O) groups excluding carboxylic acids is 3. The van der Waals surface area contributed by atoms with Gasteiger partial charge >= 0.3 is 5.97 Å². The number of likely N-dealkylation sites (N-methyl/N-ethyl adjacent to an activating group) is 1. The van der Waals surface area contributed by atoms with E-state index in [1.54, 1.807) is 49.3 Å². The van der Waals surface area contributed by atoms with Gasteiger partial charge in [-0.25, -0.2) is 9.18 Å². The Morgan fingerprint density at radius 1 is 0.933 bits per heavy atom. The minimum absolute atomic E-state index is 0.134. The van der Waals surface area contributed by atoms with Crippen molar-refractivity contribution in [1.82, 2.24) is 9.80 Å². The van der Waals surface area contributed by atoms with Crippen molar-refractivity contribution in [1.29, 1.82) is 0 Å². The molecule has 0 N–H and O–H groups in total. The van der Waals surface area contributed by atoms with Gasteiger partial charge in [-0.15, -0.1) is 0 Å². The van der Waals surface area contributed by atoms with Crippen LogP contribution in [-0.2, 0) is 9.53 Å². The molecule has 0 aromatic heterocycles. The first-order valence-corrected chi connectivity index (χ1v) is 9.63. The molecule has 1 fully saturated rings. The molecule has 3 rings (SSSR count). The molecule has 1 aliphatic rings. The van der Waals surface area contributed by atoms with Gasteiger partial charge in [-0.2, -0.15) is 0 Å². The molecule has 0 unspecified atom stereocenters. The molecule has 1 aliphatic heterocycles. The number of halogens is 1. The summed E-state index contributed by atoms with van der Waals surface area (Å²) in [6, 6.07) is 12.7. The molecule has 2 aromatic rings. The third-order valence-corrected chi connectivity index (χ3v) is 4.96. The van der Waals surface area contributed by atoms with E-state index in [9.17, 15) is 18.8 Å². The van der Waals surface area contributed by atoms with E-state index in [0.29, 0.717) is 26.2 Å². The number of ether oxygens (including phenoxy) is 1. The van der Waals surface area contributed by atoms with Crippen molar-refractivity contribution in [3.8, 4) is 0 Å². The van der Waals surface area contributed by atoms with Crippen LogP contribution in [-0.4, -0.2) is 74.5 Å². The molecule has 0 atom stereocenters. The molecule has 2 aromatic carbocycles. The molecule has 30 heavy (non-hydrogen) atoms. The second-order valence-corrected chi connectivity index (χ2v) is 7.17. The van der Waals surface area contributed by atoms with Crippen LogP contribution in [0.25, 0.3) is 0 Å². The van der Waals surface area contributed by atoms with Crippen molar-refractivity contribution in [2.45, 2.75) is 0 Å². The average molecular weight is 413 g/mol. The van der Waals surface area contributed by atoms with Gasteiger partial charge in [0, 0.05) is 46.0 Å². The number of amides is 2. The van der Waals surface area contributed by atoms with Gasteiger partial charge < -0.3 is 19.4 Å². The van der Waals surface area contributed by atoms with Crippen LogP contribution < -0.4 is 4.90 Å². The minimum Gasteiger partial charge on any atom is -0.452 e. The molecule has 2 amide bonds. The van der Waals surface area contributed by atoms with E-state index >= 15 is 0 Å². The van der Waals surface area contributed by atoms with E-state index in [1.807, 2.05) is 0 Å². The van der Waals surface area contributed by atoms with Crippen molar-refractivity contribution in [2.24, 2.45) is 0 Å². The fraction of sp³-hybridized carbons (Fsp3) is 0.318. The Morgan fingerprint density at radius 3 is 2.13 bits per heavy atom. The topological polar surface area (TPSA) is 70.2 Å². The number of piperazine rings is 1. The van der Waals surface area contributed by atoms with E-state index in [0.717, 1.165) is 5.69 Å². The summed E-state index contributed by atoms with van der Waals surface area (Å²) in [7, 11) is 3.14. The summed E-state index contributed by atoms with van der Waals surface area (Å²) in [6.07, 6.45) is 0. The Kier molecular flexibility index (Phi) is 6.66. The molecule has 1 saturated heterocycles. The molecule has 0 radical (unpaired) electrons. The molecular formula is C22H24FN3O4. The van der Waals surface area contributed by atoms with Crippen molar-refractivity contribution in [3.63, 3.8) is 0 Å². The number of esters is 1. The average Bonchev–Trinajstić information content (AvgIpc) is 2.77. The third-order valence-electron chi connectivity index (χ3n) is 4.96. The molecular weight excluding hydrogens is 389 g/mol. The summed E-state index contributed by atoms with van der Waals surface area (Å²) >= 11 is 0. The van der Waals surface area contributed by atoms with E-state index < -0.39 is 5.97 Å². The Labute approximate surface area is 174 Å². The third kappa shape index (κ3) is 4.94. The normalized spacial score (nSPS) is 13.7. The zero-order chi connectivity index (χ0) is 21.7. The first-order valence-electron chi connectivity index (χ1n) is 9.63. The molecule has 0 bridgehead atoms. The lowest BCUT2D eigenvalue weighted by atomic mass is 10.1. The number of benzene rings is 2. The summed E-state index contributed by atoms with van der Waals surface area (Å²) < 4.78 is 18.2. The van der Waals surface area contributed by atoms with Crippen LogP contribution in [0.1, 0.15) is 20.7 Å². The number of anilines is 1. The van der Waals surface area contributed by atoms with E-state index in [-0.39, 0.29) is 35.4 Å². The summed E-state index contributed by atoms with van der Waals surface area (Å²) in [6.45, 7) is 1.75. The summed E-state index contributed by atoms with van der Waals surface area (Å²) in [5, 5.41) is 0. The highest BCUT2D eigenvalue weighted by atomic mass is 19.1. The van der Waals surface area contributed by atoms with Crippen molar-refractivity contribution in [2.75, 3.05) is 51.8 Å². The molecule has 0 aliphatic carbocycles. The Morgan fingerprint density at radius 2 is 1.53 bits per heavy atom. The standard InChI is InChI=1S/C22H24FN3O4/c1-24(2)20(27)15-30-22(29)19-6-4-3-5-18(19)21(28)26-13-11-25(12-14-26)17-9-7-16(23)8-10-17/h3-10H,11-15H2,1-2H3. The maximum atomic E-state index is 13.1. The monoisotopic (exact) mass is 413 g/mol. The fourth-order valence-electron chi connectivity index (χ4n) is 3.17. The molecule has 1 heterocycles. The lowest BCUT2D eigenvalue weighted by Crippen LogP contribution is -2.49. The summed E-state index contributed by atoms with van der Waals surface area (Å²) in [4.78, 5) is 42.2. The van der Waals surface area contributed by atoms with Crippen LogP contribution in [0.15, 0.2) is 48.5 Å². The second kappa shape index (κ2) is 9.39. The van der Waals surface area contributed by atoms with Gasteiger partial charge in [-0.3, -0.25) is 9.59 Å². The highest BCUT2D eigenvalue weighted by molar-refractivity contribution is 6.05. The zero-order valence-electron chi connectivity index (χ0n) is 17.0. The van der Waals surface area contributed by atoms with E-state index in [1.165, 1.54) is 23.1 Å². The lowest BCUT2D eigenvalue weighted by molar-refractivity contribution is -0.131. The van der Waals surface area contributed by atoms with Crippen molar-refractivity contribution >= 4 is 23.5 Å². The number of hydrogen-bond acceptors (Lipinski definition) is 5. The van der Waals surface area contributed by atoms with E-state index in [2.05, 4.69) is 4.90 Å². The van der Waals surface area contributed by atoms with Gasteiger partial charge in [0.05, 0.1) is 11.1 Å². The van der Waals surface area contributed by atoms with Gasteiger partial charge in [0.2, 0.25) is 0 Å². The van der Waals surface area contributed by atoms with E-state index in [4.69, 9.17) is 4.74 Å². The molecule has 8 heteroatoms. The van der Waals surface area contributed by atoms with Gasteiger partial charge in [-0.1, -0.05) is 12.1 Å². The second-order valence-electron chi connectivity index (χ2n) is 7.17. The Hall–Kier alpha value is -3.42. The largest absolute Gasteiger partial charge is 0.452 e. The zero-order valence-corrected chi connectivity index (χ0v) is 17.0. The Balaban J connectivity index is 1.65. The Bertz CT molecular complexity index is 922. The maximum absolute atomic E-state index is 13.1. The number of hydrogen-bond donors (Lipinski definition) is 0. The first kappa shape index (κ1) is 21.3. The van der Waals surface area contributed by atoms with Crippen LogP contribution in [0.5, 0.6) is 0 Å². The highest BCUT2D eigenvalue weighted by Gasteiger charge is 2.26. The predicted molar refractivity (Wildman–Crippen MR) is 110 cm³/mol. The van der Waals surface area contributed by atoms with Crippen LogP contribution in [0.3, 0.4) is 0 Å². The van der Waals surface area contributed by atoms with Gasteiger partial charge in [0.25, 0.3) is 11.8 Å². The molecule has 0 spiro atoms. The van der Waals surface area contributed by atoms with Gasteiger partial charge in [0.15, 0.2) is 6.61 Å². The number of nitrogens with zero attached hydrogens (tertiary/aromatic N) is 3. The molecule has 0 saturated carbocycles.